The average molecular weight is 445 g/mol. The SMILES string of the molecule is CC[Si]1(C2[CH]([Zr+2][C]3=CC=CC3)CC3C=CC=CC32)CCC1.[Cl-].[Cl-]. The van der Waals surface area contributed by atoms with Crippen molar-refractivity contribution in [2.45, 2.75) is 53.5 Å². The molecule has 0 N–H and O–H groups in total. The Morgan fingerprint density at radius 1 is 1.13 bits per heavy atom. The van der Waals surface area contributed by atoms with Gasteiger partial charge in [-0.05, 0) is 0 Å². The Balaban J connectivity index is 0.000000960. The molecule has 23 heavy (non-hydrogen) atoms. The minimum Gasteiger partial charge on any atom is -1.00 e. The number of fused-ring (bicyclic) bond motifs is 1. The van der Waals surface area contributed by atoms with Gasteiger partial charge >= 0.3 is 142 Å². The Morgan fingerprint density at radius 3 is 2.52 bits per heavy atom. The van der Waals surface area contributed by atoms with Gasteiger partial charge in [0.1, 0.15) is 0 Å². The largest absolute Gasteiger partial charge is 1.00 e. The van der Waals surface area contributed by atoms with Crippen LogP contribution in [0.15, 0.2) is 45.8 Å². The second kappa shape index (κ2) is 8.35. The van der Waals surface area contributed by atoms with Crippen LogP contribution < -0.4 is 24.8 Å². The van der Waals surface area contributed by atoms with Crippen LogP contribution in [0.4, 0.5) is 0 Å². The molecular formula is C19H26Cl2SiZr. The van der Waals surface area contributed by atoms with Crippen LogP contribution in [0.3, 0.4) is 0 Å². The quantitative estimate of drug-likeness (QED) is 0.523. The predicted molar refractivity (Wildman–Crippen MR) is 89.7 cm³/mol. The summed E-state index contributed by atoms with van der Waals surface area (Å²) in [5, 5.41) is 0. The molecule has 0 radical (unpaired) electrons. The van der Waals surface area contributed by atoms with Gasteiger partial charge in [-0.2, -0.15) is 0 Å². The first-order valence-corrected chi connectivity index (χ1v) is 14.1. The maximum Gasteiger partial charge on any atom is -1.00 e. The van der Waals surface area contributed by atoms with E-state index in [-0.39, 0.29) is 48.0 Å². The summed E-state index contributed by atoms with van der Waals surface area (Å²) >= 11 is -0.356. The number of rotatable bonds is 4. The Morgan fingerprint density at radius 2 is 1.91 bits per heavy atom. The third-order valence-electron chi connectivity index (χ3n) is 6.57. The number of hydrogen-bond donors (Lipinski definition) is 0. The summed E-state index contributed by atoms with van der Waals surface area (Å²) in [5.74, 6) is 1.83. The van der Waals surface area contributed by atoms with Gasteiger partial charge in [0.15, 0.2) is 0 Å². The van der Waals surface area contributed by atoms with E-state index in [0.29, 0.717) is 0 Å². The van der Waals surface area contributed by atoms with E-state index in [1.807, 2.05) is 3.28 Å². The third kappa shape index (κ3) is 3.62. The van der Waals surface area contributed by atoms with Crippen molar-refractivity contribution in [2.24, 2.45) is 11.8 Å². The van der Waals surface area contributed by atoms with Crippen LogP contribution in [0.5, 0.6) is 0 Å². The molecule has 4 atom stereocenters. The van der Waals surface area contributed by atoms with Gasteiger partial charge in [-0.25, -0.2) is 0 Å². The van der Waals surface area contributed by atoms with E-state index in [4.69, 9.17) is 0 Å². The summed E-state index contributed by atoms with van der Waals surface area (Å²) < 4.78 is 3.02. The number of hydrogen-bond acceptors (Lipinski definition) is 0. The van der Waals surface area contributed by atoms with Crippen LogP contribution in [0.1, 0.15) is 26.2 Å². The molecule has 0 amide bonds. The fourth-order valence-electron chi connectivity index (χ4n) is 5.33. The van der Waals surface area contributed by atoms with Crippen LogP contribution in [-0.4, -0.2) is 8.07 Å². The zero-order valence-electron chi connectivity index (χ0n) is 13.8. The van der Waals surface area contributed by atoms with E-state index >= 15 is 0 Å². The van der Waals surface area contributed by atoms with Crippen molar-refractivity contribution in [3.8, 4) is 0 Å². The van der Waals surface area contributed by atoms with Gasteiger partial charge in [-0.15, -0.1) is 0 Å². The van der Waals surface area contributed by atoms with Crippen molar-refractivity contribution in [3.05, 3.63) is 45.8 Å². The van der Waals surface area contributed by atoms with Crippen LogP contribution in [-0.2, 0) is 23.2 Å². The van der Waals surface area contributed by atoms with Gasteiger partial charge in [0.25, 0.3) is 0 Å². The maximum absolute atomic E-state index is 2.61. The molecule has 1 saturated carbocycles. The summed E-state index contributed by atoms with van der Waals surface area (Å²) in [6.07, 6.45) is 21.4. The topological polar surface area (TPSA) is 0 Å². The summed E-state index contributed by atoms with van der Waals surface area (Å²) in [7, 11) is -0.917. The molecular weight excluding hydrogens is 418 g/mol. The molecule has 124 valence electrons. The molecule has 0 bridgehead atoms. The normalized spacial score (nSPS) is 35.4. The van der Waals surface area contributed by atoms with Gasteiger partial charge in [0, 0.05) is 0 Å². The molecule has 4 heteroatoms. The molecule has 4 rings (SSSR count). The first kappa shape index (κ1) is 20.0. The molecule has 4 unspecified atom stereocenters. The van der Waals surface area contributed by atoms with E-state index in [0.717, 1.165) is 21.0 Å². The monoisotopic (exact) mass is 442 g/mol. The van der Waals surface area contributed by atoms with Gasteiger partial charge in [0.2, 0.25) is 0 Å². The van der Waals surface area contributed by atoms with Crippen molar-refractivity contribution in [1.82, 2.24) is 0 Å². The zero-order valence-corrected chi connectivity index (χ0v) is 18.8. The average Bonchev–Trinajstić information content (AvgIpc) is 3.08. The van der Waals surface area contributed by atoms with Gasteiger partial charge < -0.3 is 24.8 Å². The van der Waals surface area contributed by atoms with Crippen molar-refractivity contribution >= 4 is 8.07 Å². The Labute approximate surface area is 166 Å². The van der Waals surface area contributed by atoms with Crippen molar-refractivity contribution < 1.29 is 48.0 Å². The van der Waals surface area contributed by atoms with Crippen molar-refractivity contribution in [2.75, 3.05) is 0 Å². The predicted octanol–water partition coefficient (Wildman–Crippen LogP) is -0.286. The fraction of sp³-hybridized carbons (Fsp3) is 0.579. The molecule has 4 aliphatic rings. The minimum atomic E-state index is -0.917. The van der Waals surface area contributed by atoms with E-state index in [9.17, 15) is 0 Å². The van der Waals surface area contributed by atoms with E-state index in [1.165, 1.54) is 12.8 Å². The van der Waals surface area contributed by atoms with Crippen LogP contribution in [0.2, 0.25) is 27.3 Å². The first-order valence-electron chi connectivity index (χ1n) is 8.80. The zero-order chi connectivity index (χ0) is 14.3. The summed E-state index contributed by atoms with van der Waals surface area (Å²) in [4.78, 5) is 0. The molecule has 1 aliphatic heterocycles. The van der Waals surface area contributed by atoms with E-state index in [2.05, 4.69) is 49.5 Å². The van der Waals surface area contributed by atoms with Crippen LogP contribution in [0.25, 0.3) is 0 Å². The third-order valence-corrected chi connectivity index (χ3v) is 17.9. The van der Waals surface area contributed by atoms with E-state index < -0.39 is 8.07 Å². The Kier molecular flexibility index (Phi) is 7.24. The molecule has 0 aromatic carbocycles. The molecule has 0 nitrogen and oxygen atoms in total. The maximum atomic E-state index is 2.61. The summed E-state index contributed by atoms with van der Waals surface area (Å²) in [6, 6.07) is 4.87. The molecule has 0 spiro atoms. The first-order chi connectivity index (χ1) is 10.3. The Bertz CT molecular complexity index is 528. The minimum absolute atomic E-state index is 0. The molecule has 1 saturated heterocycles. The fourth-order valence-corrected chi connectivity index (χ4v) is 17.9. The molecule has 1 heterocycles. The Hall–Kier alpha value is 0.640. The second-order valence-corrected chi connectivity index (χ2v) is 16.6. The van der Waals surface area contributed by atoms with Gasteiger partial charge in [-0.3, -0.25) is 0 Å². The summed E-state index contributed by atoms with van der Waals surface area (Å²) in [6.45, 7) is 2.53. The van der Waals surface area contributed by atoms with Gasteiger partial charge in [0.05, 0.1) is 0 Å². The molecule has 3 aliphatic carbocycles. The van der Waals surface area contributed by atoms with E-state index in [1.54, 1.807) is 24.6 Å². The smallest absolute Gasteiger partial charge is 1.00 e. The number of allylic oxidation sites excluding steroid dienone is 8. The standard InChI is InChI=1S/C14H21Si.C5H5.2ClH.Zr/c1-2-15(10-5-11-15)14-9-8-12-6-3-4-7-13(12)14;1-2-4-5-3-1;;;/h3-4,6-7,9,12-14H,2,5,8,10-11H2,1H3;1-3H,4H2;2*1H;/q;;;;+2/p-2. The summed E-state index contributed by atoms with van der Waals surface area (Å²) in [5.41, 5.74) is 1.15. The van der Waals surface area contributed by atoms with Crippen molar-refractivity contribution in [1.29, 1.82) is 0 Å². The molecule has 0 aromatic rings. The van der Waals surface area contributed by atoms with Crippen LogP contribution >= 0.6 is 0 Å². The van der Waals surface area contributed by atoms with Crippen molar-refractivity contribution in [3.63, 3.8) is 0 Å². The second-order valence-electron chi connectivity index (χ2n) is 7.42. The van der Waals surface area contributed by atoms with Crippen LogP contribution in [0, 0.1) is 11.8 Å². The molecule has 0 aromatic heterocycles. The van der Waals surface area contributed by atoms with Gasteiger partial charge in [-0.1, -0.05) is 0 Å². The number of halogens is 2. The molecule has 2 fully saturated rings.